The van der Waals surface area contributed by atoms with Crippen LogP contribution in [0.2, 0.25) is 0 Å². The molecule has 1 aliphatic rings. The Labute approximate surface area is 105 Å². The summed E-state index contributed by atoms with van der Waals surface area (Å²) >= 11 is 3.39. The van der Waals surface area contributed by atoms with Crippen molar-refractivity contribution in [1.82, 2.24) is 9.79 Å². The third kappa shape index (κ3) is 3.01. The number of hydrogen-bond acceptors (Lipinski definition) is 4. The molecule has 0 bridgehead atoms. The molecule has 16 heavy (non-hydrogen) atoms. The fourth-order valence-electron chi connectivity index (χ4n) is 1.81. The first-order chi connectivity index (χ1) is 7.77. The van der Waals surface area contributed by atoms with E-state index in [1.54, 1.807) is 23.1 Å². The zero-order chi connectivity index (χ0) is 11.4. The van der Waals surface area contributed by atoms with Crippen LogP contribution in [0.25, 0.3) is 0 Å². The Morgan fingerprint density at radius 1 is 1.69 bits per heavy atom. The molecule has 2 heterocycles. The normalized spacial score (nSPS) is 21.4. The fraction of sp³-hybridized carbons (Fsp3) is 0.600. The second-order valence-corrected chi connectivity index (χ2v) is 6.02. The second-order valence-electron chi connectivity index (χ2n) is 3.78. The largest absolute Gasteiger partial charge is 0.394 e. The predicted octanol–water partition coefficient (Wildman–Crippen LogP) is 2.09. The number of thiazole rings is 1. The van der Waals surface area contributed by atoms with Gasteiger partial charge in [0.1, 0.15) is 4.34 Å². The van der Waals surface area contributed by atoms with E-state index in [4.69, 9.17) is 7.98 Å². The van der Waals surface area contributed by atoms with Crippen molar-refractivity contribution in [3.8, 4) is 0 Å². The highest BCUT2D eigenvalue weighted by atomic mass is 32.2. The van der Waals surface area contributed by atoms with Gasteiger partial charge in [-0.1, -0.05) is 11.8 Å². The molecule has 3 nitrogen and oxygen atoms in total. The number of rotatable bonds is 4. The van der Waals surface area contributed by atoms with Crippen molar-refractivity contribution in [2.75, 3.05) is 5.75 Å². The molecule has 2 radical (unpaired) electrons. The van der Waals surface area contributed by atoms with Crippen LogP contribution in [0, 0.1) is 0 Å². The Bertz CT molecular complexity index is 345. The van der Waals surface area contributed by atoms with Crippen LogP contribution in [0.1, 0.15) is 25.7 Å². The molecule has 1 fully saturated rings. The second kappa shape index (κ2) is 5.73. The van der Waals surface area contributed by atoms with Crippen molar-refractivity contribution in [3.63, 3.8) is 0 Å². The lowest BCUT2D eigenvalue weighted by Crippen LogP contribution is -2.41. The first-order valence-corrected chi connectivity index (χ1v) is 7.23. The van der Waals surface area contributed by atoms with Crippen LogP contribution >= 0.6 is 23.1 Å². The molecule has 6 heteroatoms. The highest BCUT2D eigenvalue weighted by Gasteiger charge is 2.23. The quantitative estimate of drug-likeness (QED) is 0.607. The highest BCUT2D eigenvalue weighted by Crippen LogP contribution is 2.25. The molecule has 0 aromatic carbocycles. The van der Waals surface area contributed by atoms with Gasteiger partial charge in [0.2, 0.25) is 13.9 Å². The molecule has 1 aromatic rings. The van der Waals surface area contributed by atoms with Crippen LogP contribution in [0.3, 0.4) is 0 Å². The summed E-state index contributed by atoms with van der Waals surface area (Å²) in [5.74, 6) is 1.05. The van der Waals surface area contributed by atoms with Crippen molar-refractivity contribution >= 4 is 37.0 Å². The summed E-state index contributed by atoms with van der Waals surface area (Å²) in [5.41, 5.74) is 0. The first kappa shape index (κ1) is 12.0. The summed E-state index contributed by atoms with van der Waals surface area (Å²) in [7, 11) is 5.74. The van der Waals surface area contributed by atoms with E-state index in [1.807, 2.05) is 11.6 Å². The molecule has 0 spiro atoms. The Morgan fingerprint density at radius 2 is 2.56 bits per heavy atom. The van der Waals surface area contributed by atoms with E-state index in [2.05, 4.69) is 4.98 Å². The van der Waals surface area contributed by atoms with E-state index in [9.17, 15) is 4.79 Å². The fourth-order valence-corrected chi connectivity index (χ4v) is 3.56. The lowest BCUT2D eigenvalue weighted by atomic mass is 9.96. The van der Waals surface area contributed by atoms with Crippen LogP contribution < -0.4 is 0 Å². The van der Waals surface area contributed by atoms with Gasteiger partial charge in [0.25, 0.3) is 0 Å². The summed E-state index contributed by atoms with van der Waals surface area (Å²) in [6.45, 7) is 0. The lowest BCUT2D eigenvalue weighted by Gasteiger charge is -2.33. The molecule has 1 amide bonds. The summed E-state index contributed by atoms with van der Waals surface area (Å²) in [5, 5.41) is 1.97. The monoisotopic (exact) mass is 252 g/mol. The van der Waals surface area contributed by atoms with Gasteiger partial charge in [-0.15, -0.1) is 11.3 Å². The van der Waals surface area contributed by atoms with Crippen molar-refractivity contribution in [3.05, 3.63) is 11.6 Å². The van der Waals surface area contributed by atoms with E-state index in [0.29, 0.717) is 6.42 Å². The molecule has 1 saturated heterocycles. The number of amides is 1. The molecule has 1 unspecified atom stereocenters. The smallest absolute Gasteiger partial charge is 0.230 e. The zero-order valence-corrected chi connectivity index (χ0v) is 10.6. The summed E-state index contributed by atoms with van der Waals surface area (Å²) in [4.78, 5) is 17.0. The molecular formula is C10H13BN2OS2. The van der Waals surface area contributed by atoms with Gasteiger partial charge in [-0.05, 0) is 19.3 Å². The minimum Gasteiger partial charge on any atom is -0.394 e. The third-order valence-electron chi connectivity index (χ3n) is 2.70. The first-order valence-electron chi connectivity index (χ1n) is 5.36. The zero-order valence-electron chi connectivity index (χ0n) is 8.96. The predicted molar refractivity (Wildman–Crippen MR) is 67.7 cm³/mol. The molecule has 0 saturated carbocycles. The van der Waals surface area contributed by atoms with Gasteiger partial charge < -0.3 is 4.81 Å². The average molecular weight is 252 g/mol. The van der Waals surface area contributed by atoms with E-state index in [1.165, 1.54) is 4.81 Å². The number of hydrogen-bond donors (Lipinski definition) is 0. The topological polar surface area (TPSA) is 33.2 Å². The average Bonchev–Trinajstić information content (AvgIpc) is 2.77. The SMILES string of the molecule is [B]N1C(=O)CCCC1CCSc1nccs1. The van der Waals surface area contributed by atoms with Crippen LogP contribution in [0.15, 0.2) is 15.9 Å². The lowest BCUT2D eigenvalue weighted by molar-refractivity contribution is -0.130. The molecule has 0 aliphatic carbocycles. The molecule has 0 N–H and O–H groups in total. The maximum absolute atomic E-state index is 11.4. The van der Waals surface area contributed by atoms with Gasteiger partial charge in [0.15, 0.2) is 0 Å². The number of thioether (sulfide) groups is 1. The molecule has 1 aromatic heterocycles. The van der Waals surface area contributed by atoms with Crippen molar-refractivity contribution in [2.45, 2.75) is 36.1 Å². The Morgan fingerprint density at radius 3 is 3.31 bits per heavy atom. The van der Waals surface area contributed by atoms with Gasteiger partial charge in [-0.2, -0.15) is 0 Å². The van der Waals surface area contributed by atoms with E-state index < -0.39 is 0 Å². The summed E-state index contributed by atoms with van der Waals surface area (Å²) in [6, 6.07) is 0.216. The Kier molecular flexibility index (Phi) is 4.29. The van der Waals surface area contributed by atoms with Gasteiger partial charge in [-0.3, -0.25) is 4.79 Å². The van der Waals surface area contributed by atoms with E-state index in [0.717, 1.165) is 29.4 Å². The Hall–Kier alpha value is -0.485. The van der Waals surface area contributed by atoms with Gasteiger partial charge >= 0.3 is 0 Å². The maximum Gasteiger partial charge on any atom is 0.230 e. The molecular weight excluding hydrogens is 239 g/mol. The number of piperidine rings is 1. The van der Waals surface area contributed by atoms with E-state index >= 15 is 0 Å². The highest BCUT2D eigenvalue weighted by molar-refractivity contribution is 8.00. The minimum absolute atomic E-state index is 0.0792. The third-order valence-corrected chi connectivity index (χ3v) is 4.69. The number of nitrogens with zero attached hydrogens (tertiary/aromatic N) is 2. The van der Waals surface area contributed by atoms with E-state index in [-0.39, 0.29) is 11.9 Å². The minimum atomic E-state index is 0.0792. The van der Waals surface area contributed by atoms with Crippen molar-refractivity contribution in [1.29, 1.82) is 0 Å². The van der Waals surface area contributed by atoms with Crippen LogP contribution in [0.5, 0.6) is 0 Å². The molecule has 2 rings (SSSR count). The van der Waals surface area contributed by atoms with Crippen LogP contribution in [-0.4, -0.2) is 35.5 Å². The summed E-state index contributed by atoms with van der Waals surface area (Å²) < 4.78 is 1.09. The maximum atomic E-state index is 11.4. The van der Waals surface area contributed by atoms with Crippen LogP contribution in [-0.2, 0) is 4.79 Å². The molecule has 1 aliphatic heterocycles. The number of carbonyl (C=O) groups excluding carboxylic acids is 1. The van der Waals surface area contributed by atoms with Gasteiger partial charge in [0.05, 0.1) is 0 Å². The van der Waals surface area contributed by atoms with Crippen LogP contribution in [0.4, 0.5) is 0 Å². The van der Waals surface area contributed by atoms with Gasteiger partial charge in [0, 0.05) is 29.8 Å². The summed E-state index contributed by atoms with van der Waals surface area (Å²) in [6.07, 6.45) is 5.37. The van der Waals surface area contributed by atoms with Crippen molar-refractivity contribution in [2.24, 2.45) is 0 Å². The standard InChI is InChI=1S/C10H13BN2OS2/c11-13-8(2-1-3-9(13)14)4-6-15-10-12-5-7-16-10/h5,7-8H,1-4,6H2. The Balaban J connectivity index is 1.75. The van der Waals surface area contributed by atoms with Gasteiger partial charge in [-0.25, -0.2) is 4.98 Å². The number of carbonyl (C=O) groups is 1. The number of aromatic nitrogens is 1. The molecule has 1 atom stereocenters. The van der Waals surface area contributed by atoms with Crippen molar-refractivity contribution < 1.29 is 4.79 Å². The molecule has 84 valence electrons.